The zero-order valence-electron chi connectivity index (χ0n) is 17.5. The molecule has 0 spiro atoms. The standard InChI is InChI=1S/C23H37O4S/c1-22-16-18-23(19-17-22)28(25,26)27-21-15-13-11-9-7-5-3-2-4-6-8-10-12-14-20-24/h16-19H,2-15,21H2,1H3. The van der Waals surface area contributed by atoms with Gasteiger partial charge in [-0.2, -0.15) is 8.42 Å². The van der Waals surface area contributed by atoms with E-state index in [0.29, 0.717) is 6.42 Å². The first kappa shape index (κ1) is 24.8. The van der Waals surface area contributed by atoms with Gasteiger partial charge < -0.3 is 0 Å². The minimum absolute atomic E-state index is 0.234. The normalized spacial score (nSPS) is 11.6. The second kappa shape index (κ2) is 15.7. The maximum atomic E-state index is 12.1. The van der Waals surface area contributed by atoms with E-state index >= 15 is 0 Å². The van der Waals surface area contributed by atoms with E-state index in [1.807, 2.05) is 13.2 Å². The van der Waals surface area contributed by atoms with Crippen LogP contribution in [-0.2, 0) is 19.1 Å². The third-order valence-corrected chi connectivity index (χ3v) is 6.30. The predicted molar refractivity (Wildman–Crippen MR) is 115 cm³/mol. The summed E-state index contributed by atoms with van der Waals surface area (Å²) < 4.78 is 29.2. The van der Waals surface area contributed by atoms with Gasteiger partial charge >= 0.3 is 0 Å². The topological polar surface area (TPSA) is 60.4 Å². The van der Waals surface area contributed by atoms with Crippen molar-refractivity contribution in [2.24, 2.45) is 0 Å². The Hall–Kier alpha value is -1.20. The Morgan fingerprint density at radius 1 is 0.714 bits per heavy atom. The van der Waals surface area contributed by atoms with Gasteiger partial charge in [-0.25, -0.2) is 0 Å². The Morgan fingerprint density at radius 3 is 1.61 bits per heavy atom. The molecule has 159 valence electrons. The Kier molecular flexibility index (Phi) is 13.9. The molecule has 0 unspecified atom stereocenters. The highest BCUT2D eigenvalue weighted by atomic mass is 32.2. The molecule has 1 aromatic carbocycles. The van der Waals surface area contributed by atoms with Crippen LogP contribution in [0.25, 0.3) is 0 Å². The van der Waals surface area contributed by atoms with E-state index in [4.69, 9.17) is 4.18 Å². The number of hydrogen-bond acceptors (Lipinski definition) is 4. The highest BCUT2D eigenvalue weighted by Crippen LogP contribution is 2.15. The van der Waals surface area contributed by atoms with Crippen molar-refractivity contribution >= 4 is 16.4 Å². The first-order valence-corrected chi connectivity index (χ1v) is 12.3. The maximum Gasteiger partial charge on any atom is 0.296 e. The molecule has 0 heterocycles. The summed E-state index contributed by atoms with van der Waals surface area (Å²) in [6, 6.07) is 6.75. The van der Waals surface area contributed by atoms with Crippen molar-refractivity contribution in [2.45, 2.75) is 102 Å². The lowest BCUT2D eigenvalue weighted by atomic mass is 10.0. The van der Waals surface area contributed by atoms with E-state index in [-0.39, 0.29) is 11.5 Å². The fraction of sp³-hybridized carbons (Fsp3) is 0.696. The van der Waals surface area contributed by atoms with E-state index in [2.05, 4.69) is 0 Å². The highest BCUT2D eigenvalue weighted by molar-refractivity contribution is 7.86. The van der Waals surface area contributed by atoms with Crippen LogP contribution >= 0.6 is 0 Å². The monoisotopic (exact) mass is 409 g/mol. The summed E-state index contributed by atoms with van der Waals surface area (Å²) in [6.45, 7) is 2.19. The molecule has 0 aromatic heterocycles. The fourth-order valence-corrected chi connectivity index (χ4v) is 4.13. The summed E-state index contributed by atoms with van der Waals surface area (Å²) in [5.74, 6) is 0. The third-order valence-electron chi connectivity index (χ3n) is 4.97. The molecule has 0 N–H and O–H groups in total. The number of hydrogen-bond donors (Lipinski definition) is 0. The maximum absolute atomic E-state index is 12.1. The van der Waals surface area contributed by atoms with Gasteiger partial charge in [0, 0.05) is 6.42 Å². The molecule has 0 aliphatic heterocycles. The number of rotatable bonds is 18. The van der Waals surface area contributed by atoms with Gasteiger partial charge in [-0.1, -0.05) is 88.3 Å². The molecular weight excluding hydrogens is 372 g/mol. The van der Waals surface area contributed by atoms with Gasteiger partial charge in [0.1, 0.15) is 0 Å². The van der Waals surface area contributed by atoms with Crippen molar-refractivity contribution in [3.63, 3.8) is 0 Å². The van der Waals surface area contributed by atoms with Gasteiger partial charge in [0.15, 0.2) is 6.29 Å². The Balaban J connectivity index is 1.89. The van der Waals surface area contributed by atoms with Crippen LogP contribution in [0.2, 0.25) is 0 Å². The number of benzene rings is 1. The largest absolute Gasteiger partial charge is 0.296 e. The molecule has 0 bridgehead atoms. The van der Waals surface area contributed by atoms with Crippen LogP contribution in [-0.4, -0.2) is 21.3 Å². The minimum Gasteiger partial charge on any atom is -0.291 e. The van der Waals surface area contributed by atoms with E-state index in [9.17, 15) is 13.2 Å². The van der Waals surface area contributed by atoms with Gasteiger partial charge in [-0.15, -0.1) is 0 Å². The van der Waals surface area contributed by atoms with E-state index < -0.39 is 10.1 Å². The zero-order valence-corrected chi connectivity index (χ0v) is 18.3. The van der Waals surface area contributed by atoms with Crippen LogP contribution in [0.5, 0.6) is 0 Å². The second-order valence-electron chi connectivity index (χ2n) is 7.58. The quantitative estimate of drug-likeness (QED) is 0.212. The van der Waals surface area contributed by atoms with Crippen molar-refractivity contribution in [1.82, 2.24) is 0 Å². The van der Waals surface area contributed by atoms with Crippen LogP contribution in [0.15, 0.2) is 29.2 Å². The van der Waals surface area contributed by atoms with E-state index in [0.717, 1.165) is 37.7 Å². The molecule has 5 heteroatoms. The van der Waals surface area contributed by atoms with Crippen molar-refractivity contribution < 1.29 is 17.4 Å². The van der Waals surface area contributed by atoms with Crippen LogP contribution < -0.4 is 0 Å². The molecule has 0 fully saturated rings. The van der Waals surface area contributed by atoms with Gasteiger partial charge in [0.05, 0.1) is 11.5 Å². The van der Waals surface area contributed by atoms with E-state index in [1.54, 1.807) is 24.3 Å². The average molecular weight is 410 g/mol. The van der Waals surface area contributed by atoms with Crippen molar-refractivity contribution in [1.29, 1.82) is 0 Å². The van der Waals surface area contributed by atoms with Gasteiger partial charge in [-0.3, -0.25) is 8.98 Å². The minimum atomic E-state index is -3.61. The summed E-state index contributed by atoms with van der Waals surface area (Å²) >= 11 is 0. The number of unbranched alkanes of at least 4 members (excludes halogenated alkanes) is 13. The fourth-order valence-electron chi connectivity index (χ4n) is 3.19. The third kappa shape index (κ3) is 12.3. The first-order chi connectivity index (χ1) is 13.6. The van der Waals surface area contributed by atoms with Crippen molar-refractivity contribution in [3.8, 4) is 0 Å². The molecule has 0 saturated carbocycles. The lowest BCUT2D eigenvalue weighted by Crippen LogP contribution is -2.07. The van der Waals surface area contributed by atoms with E-state index in [1.165, 1.54) is 51.4 Å². The molecule has 0 aliphatic carbocycles. The summed E-state index contributed by atoms with van der Waals surface area (Å²) in [7, 11) is -3.61. The Labute approximate surface area is 172 Å². The molecule has 1 aromatic rings. The average Bonchev–Trinajstić information content (AvgIpc) is 2.68. The lowest BCUT2D eigenvalue weighted by Gasteiger charge is -2.06. The number of carbonyl (C=O) groups excluding carboxylic acids is 1. The zero-order chi connectivity index (χ0) is 20.5. The van der Waals surface area contributed by atoms with Crippen LogP contribution in [0.3, 0.4) is 0 Å². The Bertz CT molecular complexity index is 608. The van der Waals surface area contributed by atoms with Gasteiger partial charge in [0.2, 0.25) is 0 Å². The predicted octanol–water partition coefficient (Wildman–Crippen LogP) is 6.27. The molecule has 28 heavy (non-hydrogen) atoms. The van der Waals surface area contributed by atoms with Gasteiger partial charge in [-0.05, 0) is 31.9 Å². The van der Waals surface area contributed by atoms with Crippen LogP contribution in [0.1, 0.15) is 95.5 Å². The molecule has 0 saturated heterocycles. The number of aryl methyl sites for hydroxylation is 1. The molecule has 1 rings (SSSR count). The summed E-state index contributed by atoms with van der Waals surface area (Å²) in [5, 5.41) is 0. The molecule has 0 amide bonds. The lowest BCUT2D eigenvalue weighted by molar-refractivity contribution is 0.306. The summed E-state index contributed by atoms with van der Waals surface area (Å²) in [6.07, 6.45) is 17.8. The summed E-state index contributed by atoms with van der Waals surface area (Å²) in [5.41, 5.74) is 1.03. The van der Waals surface area contributed by atoms with Crippen molar-refractivity contribution in [3.05, 3.63) is 29.8 Å². The Morgan fingerprint density at radius 2 is 1.14 bits per heavy atom. The molecule has 0 aliphatic rings. The highest BCUT2D eigenvalue weighted by Gasteiger charge is 2.14. The summed E-state index contributed by atoms with van der Waals surface area (Å²) in [4.78, 5) is 10.3. The van der Waals surface area contributed by atoms with Crippen LogP contribution in [0, 0.1) is 6.92 Å². The second-order valence-corrected chi connectivity index (χ2v) is 9.20. The molecule has 0 atom stereocenters. The van der Waals surface area contributed by atoms with Crippen molar-refractivity contribution in [2.75, 3.05) is 6.61 Å². The molecular formula is C23H37O4S. The van der Waals surface area contributed by atoms with Gasteiger partial charge in [0.25, 0.3) is 10.1 Å². The molecule has 1 radical (unpaired) electrons. The SMILES string of the molecule is Cc1ccc(S(=O)(=O)OCCCCCCCCCCCCCCC[C]=O)cc1. The molecule has 4 nitrogen and oxygen atoms in total. The first-order valence-electron chi connectivity index (χ1n) is 10.9. The smallest absolute Gasteiger partial charge is 0.291 e. The van der Waals surface area contributed by atoms with Crippen LogP contribution in [0.4, 0.5) is 0 Å².